The molecule has 0 saturated heterocycles. The fourth-order valence-electron chi connectivity index (χ4n) is 0.700. The largest absolute Gasteiger partial charge is 0.454 e. The second kappa shape index (κ2) is 4.97. The van der Waals surface area contributed by atoms with Gasteiger partial charge in [-0.25, -0.2) is 4.79 Å². The van der Waals surface area contributed by atoms with Gasteiger partial charge in [-0.2, -0.15) is 0 Å². The van der Waals surface area contributed by atoms with Crippen LogP contribution < -0.4 is 5.73 Å². The molecule has 0 aromatic heterocycles. The molecule has 0 rings (SSSR count). The Bertz CT molecular complexity index is 194. The standard InChI is InChI=1S/C9H17NO3/c1-9(2,3)13-8(12)7(11)5-4-6-10/h4-6,10H2,1-3H3. The van der Waals surface area contributed by atoms with Gasteiger partial charge in [-0.1, -0.05) is 0 Å². The smallest absolute Gasteiger partial charge is 0.375 e. The highest BCUT2D eigenvalue weighted by Crippen LogP contribution is 2.07. The molecule has 76 valence electrons. The Morgan fingerprint density at radius 1 is 1.31 bits per heavy atom. The van der Waals surface area contributed by atoms with E-state index in [1.54, 1.807) is 20.8 Å². The van der Waals surface area contributed by atoms with Gasteiger partial charge in [0.05, 0.1) is 0 Å². The zero-order valence-electron chi connectivity index (χ0n) is 8.42. The van der Waals surface area contributed by atoms with Crippen molar-refractivity contribution < 1.29 is 14.3 Å². The molecule has 4 nitrogen and oxygen atoms in total. The quantitative estimate of drug-likeness (QED) is 0.518. The molecule has 2 N–H and O–H groups in total. The minimum absolute atomic E-state index is 0.172. The maximum atomic E-state index is 11.1. The number of ether oxygens (including phenoxy) is 1. The van der Waals surface area contributed by atoms with Crippen LogP contribution in [-0.2, 0) is 14.3 Å². The Morgan fingerprint density at radius 3 is 2.23 bits per heavy atom. The monoisotopic (exact) mass is 187 g/mol. The molecule has 4 heteroatoms. The first-order valence-corrected chi connectivity index (χ1v) is 4.33. The van der Waals surface area contributed by atoms with Gasteiger partial charge < -0.3 is 10.5 Å². The number of esters is 1. The number of nitrogens with two attached hydrogens (primary N) is 1. The van der Waals surface area contributed by atoms with Crippen molar-refractivity contribution in [1.29, 1.82) is 0 Å². The number of carbonyl (C=O) groups excluding carboxylic acids is 2. The van der Waals surface area contributed by atoms with Gasteiger partial charge in [0.1, 0.15) is 5.60 Å². The van der Waals surface area contributed by atoms with Crippen molar-refractivity contribution in [3.05, 3.63) is 0 Å². The Labute approximate surface area is 78.4 Å². The number of Topliss-reactive ketones (excluding diaryl/α,β-unsaturated/α-hetero) is 1. The van der Waals surface area contributed by atoms with Crippen molar-refractivity contribution in [2.75, 3.05) is 6.54 Å². The maximum Gasteiger partial charge on any atom is 0.375 e. The molecule has 0 radical (unpaired) electrons. The number of hydrogen-bond donors (Lipinski definition) is 1. The summed E-state index contributed by atoms with van der Waals surface area (Å²) >= 11 is 0. The lowest BCUT2D eigenvalue weighted by atomic mass is 10.2. The number of hydrogen-bond acceptors (Lipinski definition) is 4. The summed E-state index contributed by atoms with van der Waals surface area (Å²) in [6, 6.07) is 0. The molecule has 0 atom stereocenters. The summed E-state index contributed by atoms with van der Waals surface area (Å²) < 4.78 is 4.87. The van der Waals surface area contributed by atoms with Gasteiger partial charge in [0.15, 0.2) is 0 Å². The van der Waals surface area contributed by atoms with E-state index in [2.05, 4.69) is 0 Å². The minimum Gasteiger partial charge on any atom is -0.454 e. The predicted molar refractivity (Wildman–Crippen MR) is 49.1 cm³/mol. The van der Waals surface area contributed by atoms with Crippen molar-refractivity contribution in [2.24, 2.45) is 5.73 Å². The van der Waals surface area contributed by atoms with E-state index in [0.717, 1.165) is 0 Å². The van der Waals surface area contributed by atoms with Crippen molar-refractivity contribution in [3.8, 4) is 0 Å². The van der Waals surface area contributed by atoms with Gasteiger partial charge in [-0.3, -0.25) is 4.79 Å². The average molecular weight is 187 g/mol. The Morgan fingerprint density at radius 2 is 1.85 bits per heavy atom. The molecule has 0 bridgehead atoms. The Kier molecular flexibility index (Phi) is 4.62. The molecule has 0 spiro atoms. The summed E-state index contributed by atoms with van der Waals surface area (Å²) in [6.45, 7) is 5.58. The van der Waals surface area contributed by atoms with Gasteiger partial charge in [0, 0.05) is 6.42 Å². The summed E-state index contributed by atoms with van der Waals surface area (Å²) in [5.74, 6) is -1.26. The number of carbonyl (C=O) groups is 2. The topological polar surface area (TPSA) is 69.4 Å². The fraction of sp³-hybridized carbons (Fsp3) is 0.778. The van der Waals surface area contributed by atoms with Gasteiger partial charge in [-0.15, -0.1) is 0 Å². The van der Waals surface area contributed by atoms with E-state index in [1.165, 1.54) is 0 Å². The van der Waals surface area contributed by atoms with Crippen LogP contribution in [-0.4, -0.2) is 23.9 Å². The van der Waals surface area contributed by atoms with Crippen LogP contribution in [0.3, 0.4) is 0 Å². The summed E-state index contributed by atoms with van der Waals surface area (Å²) in [5.41, 5.74) is 4.60. The molecule has 0 fully saturated rings. The normalized spacial score (nSPS) is 11.1. The Hall–Kier alpha value is -0.900. The third-order valence-corrected chi connectivity index (χ3v) is 1.23. The Balaban J connectivity index is 3.91. The van der Waals surface area contributed by atoms with Crippen LogP contribution in [0.15, 0.2) is 0 Å². The first-order valence-electron chi connectivity index (χ1n) is 4.33. The zero-order chi connectivity index (χ0) is 10.5. The molecule has 0 amide bonds. The van der Waals surface area contributed by atoms with E-state index >= 15 is 0 Å². The number of rotatable bonds is 4. The van der Waals surface area contributed by atoms with Crippen LogP contribution >= 0.6 is 0 Å². The lowest BCUT2D eigenvalue weighted by molar-refractivity contribution is -0.162. The van der Waals surface area contributed by atoms with Crippen LogP contribution in [0.5, 0.6) is 0 Å². The van der Waals surface area contributed by atoms with Gasteiger partial charge >= 0.3 is 5.97 Å². The van der Waals surface area contributed by atoms with Crippen LogP contribution in [0.25, 0.3) is 0 Å². The van der Waals surface area contributed by atoms with Crippen LogP contribution in [0.2, 0.25) is 0 Å². The molecule has 0 aliphatic carbocycles. The van der Waals surface area contributed by atoms with E-state index in [4.69, 9.17) is 10.5 Å². The number of ketones is 1. The highest BCUT2D eigenvalue weighted by molar-refractivity contribution is 6.33. The van der Waals surface area contributed by atoms with Crippen LogP contribution in [0.4, 0.5) is 0 Å². The lowest BCUT2D eigenvalue weighted by Gasteiger charge is -2.18. The van der Waals surface area contributed by atoms with Crippen LogP contribution in [0, 0.1) is 0 Å². The third-order valence-electron chi connectivity index (χ3n) is 1.23. The minimum atomic E-state index is -0.763. The molecule has 13 heavy (non-hydrogen) atoms. The van der Waals surface area contributed by atoms with Crippen LogP contribution in [0.1, 0.15) is 33.6 Å². The van der Waals surface area contributed by atoms with Crippen molar-refractivity contribution in [1.82, 2.24) is 0 Å². The van der Waals surface area contributed by atoms with E-state index in [9.17, 15) is 9.59 Å². The van der Waals surface area contributed by atoms with Gasteiger partial charge in [0.2, 0.25) is 5.78 Å². The average Bonchev–Trinajstić information content (AvgIpc) is 1.96. The molecule has 0 unspecified atom stereocenters. The first-order chi connectivity index (χ1) is 5.87. The summed E-state index contributed by atoms with van der Waals surface area (Å²) in [4.78, 5) is 22.1. The highest BCUT2D eigenvalue weighted by atomic mass is 16.6. The highest BCUT2D eigenvalue weighted by Gasteiger charge is 2.21. The first kappa shape index (κ1) is 12.1. The van der Waals surface area contributed by atoms with Crippen molar-refractivity contribution >= 4 is 11.8 Å². The molecule has 0 saturated carbocycles. The van der Waals surface area contributed by atoms with E-state index in [0.29, 0.717) is 13.0 Å². The van der Waals surface area contributed by atoms with E-state index in [-0.39, 0.29) is 6.42 Å². The lowest BCUT2D eigenvalue weighted by Crippen LogP contribution is -2.29. The molecule has 0 heterocycles. The molecule has 0 aromatic carbocycles. The SMILES string of the molecule is CC(C)(C)OC(=O)C(=O)CCCN. The summed E-state index contributed by atoms with van der Waals surface area (Å²) in [6.07, 6.45) is 0.698. The van der Waals surface area contributed by atoms with Gasteiger partial charge in [-0.05, 0) is 33.7 Å². The summed E-state index contributed by atoms with van der Waals surface area (Å²) in [7, 11) is 0. The summed E-state index contributed by atoms with van der Waals surface area (Å²) in [5, 5.41) is 0. The maximum absolute atomic E-state index is 11.1. The molecule has 0 aliphatic heterocycles. The van der Waals surface area contributed by atoms with Crippen molar-refractivity contribution in [2.45, 2.75) is 39.2 Å². The van der Waals surface area contributed by atoms with Crippen molar-refractivity contribution in [3.63, 3.8) is 0 Å². The van der Waals surface area contributed by atoms with E-state index < -0.39 is 17.4 Å². The third kappa shape index (κ3) is 6.28. The molecular weight excluding hydrogens is 170 g/mol. The second-order valence-electron chi connectivity index (χ2n) is 3.82. The second-order valence-corrected chi connectivity index (χ2v) is 3.82. The van der Waals surface area contributed by atoms with E-state index in [1.807, 2.05) is 0 Å². The molecule has 0 aromatic rings. The molecular formula is C9H17NO3. The zero-order valence-corrected chi connectivity index (χ0v) is 8.42. The van der Waals surface area contributed by atoms with Gasteiger partial charge in [0.25, 0.3) is 0 Å². The molecule has 0 aliphatic rings. The fourth-order valence-corrected chi connectivity index (χ4v) is 0.700. The predicted octanol–water partition coefficient (Wildman–Crippen LogP) is 0.636.